The van der Waals surface area contributed by atoms with Crippen LogP contribution in [0.15, 0.2) is 11.6 Å². The summed E-state index contributed by atoms with van der Waals surface area (Å²) in [6, 6.07) is 0. The van der Waals surface area contributed by atoms with Crippen LogP contribution in [0.2, 0.25) is 0 Å². The number of hydrogen-bond donors (Lipinski definition) is 1. The molecule has 3 heteroatoms. The lowest BCUT2D eigenvalue weighted by Gasteiger charge is -2.50. The molecule has 3 fully saturated rings. The van der Waals surface area contributed by atoms with E-state index in [-0.39, 0.29) is 11.7 Å². The predicted molar refractivity (Wildman–Crippen MR) is 76.1 cm³/mol. The standard InChI is InChI=1S/C17H26O3/c1-12-4-6-16-5-2-3-13(14(18)9-12)15(16)17(8-7-16)10-19-11-20-17/h4,13-15,18H,2-3,5-11H2,1H3/t13?,14-,15?,16?,17?/m1/s1. The number of hydrogen-bond acceptors (Lipinski definition) is 3. The van der Waals surface area contributed by atoms with Crippen LogP contribution in [0.5, 0.6) is 0 Å². The highest BCUT2D eigenvalue weighted by Crippen LogP contribution is 2.64. The zero-order valence-corrected chi connectivity index (χ0v) is 12.4. The molecule has 4 unspecified atom stereocenters. The lowest BCUT2D eigenvalue weighted by Crippen LogP contribution is -2.52. The molecule has 0 aromatic carbocycles. The molecule has 1 heterocycles. The SMILES string of the molecule is CC1=CCC23CCCC(C2C2(CC3)COCO2)[C@H](O)C1. The van der Waals surface area contributed by atoms with Crippen LogP contribution in [0.3, 0.4) is 0 Å². The van der Waals surface area contributed by atoms with Crippen molar-refractivity contribution in [2.45, 2.75) is 63.6 Å². The van der Waals surface area contributed by atoms with Crippen LogP contribution < -0.4 is 0 Å². The van der Waals surface area contributed by atoms with Crippen molar-refractivity contribution in [2.24, 2.45) is 17.3 Å². The number of rotatable bonds is 0. The molecule has 1 N–H and O–H groups in total. The summed E-state index contributed by atoms with van der Waals surface area (Å²) in [6.45, 7) is 3.37. The van der Waals surface area contributed by atoms with Gasteiger partial charge in [0.15, 0.2) is 0 Å². The van der Waals surface area contributed by atoms with Gasteiger partial charge < -0.3 is 14.6 Å². The van der Waals surface area contributed by atoms with Gasteiger partial charge in [-0.25, -0.2) is 0 Å². The second-order valence-electron chi connectivity index (χ2n) is 7.60. The molecule has 5 atom stereocenters. The molecule has 2 saturated carbocycles. The first-order valence-electron chi connectivity index (χ1n) is 8.21. The monoisotopic (exact) mass is 278 g/mol. The molecule has 1 spiro atoms. The van der Waals surface area contributed by atoms with E-state index >= 15 is 0 Å². The van der Waals surface area contributed by atoms with Crippen molar-refractivity contribution < 1.29 is 14.6 Å². The van der Waals surface area contributed by atoms with Gasteiger partial charge in [0.2, 0.25) is 0 Å². The third-order valence-electron chi connectivity index (χ3n) is 6.57. The molecule has 3 nitrogen and oxygen atoms in total. The molecule has 0 aromatic rings. The second-order valence-corrected chi connectivity index (χ2v) is 7.60. The largest absolute Gasteiger partial charge is 0.392 e. The van der Waals surface area contributed by atoms with Crippen molar-refractivity contribution in [1.29, 1.82) is 0 Å². The van der Waals surface area contributed by atoms with Crippen LogP contribution in [-0.2, 0) is 9.47 Å². The molecule has 0 aromatic heterocycles. The fourth-order valence-electron chi connectivity index (χ4n) is 5.74. The van der Waals surface area contributed by atoms with Crippen LogP contribution in [-0.4, -0.2) is 30.2 Å². The third-order valence-corrected chi connectivity index (χ3v) is 6.57. The first kappa shape index (κ1) is 13.3. The Hall–Kier alpha value is -0.380. The molecule has 4 aliphatic rings. The summed E-state index contributed by atoms with van der Waals surface area (Å²) in [4.78, 5) is 0. The maximum atomic E-state index is 10.7. The minimum atomic E-state index is -0.199. The molecule has 4 rings (SSSR count). The maximum absolute atomic E-state index is 10.7. The van der Waals surface area contributed by atoms with E-state index in [1.165, 1.54) is 31.3 Å². The van der Waals surface area contributed by atoms with Crippen molar-refractivity contribution in [3.8, 4) is 0 Å². The molecular formula is C17H26O3. The van der Waals surface area contributed by atoms with Crippen molar-refractivity contribution in [3.05, 3.63) is 11.6 Å². The number of aliphatic hydroxyl groups excluding tert-OH is 1. The van der Waals surface area contributed by atoms with Crippen molar-refractivity contribution in [3.63, 3.8) is 0 Å². The van der Waals surface area contributed by atoms with Crippen molar-refractivity contribution in [2.75, 3.05) is 13.4 Å². The highest BCUT2D eigenvalue weighted by atomic mass is 16.7. The quantitative estimate of drug-likeness (QED) is 0.692. The number of aliphatic hydroxyl groups is 1. The Labute approximate surface area is 121 Å². The summed E-state index contributed by atoms with van der Waals surface area (Å²) in [5, 5.41) is 10.7. The Morgan fingerprint density at radius 1 is 1.30 bits per heavy atom. The van der Waals surface area contributed by atoms with E-state index in [0.717, 1.165) is 25.9 Å². The summed E-state index contributed by atoms with van der Waals surface area (Å²) in [7, 11) is 0. The minimum Gasteiger partial charge on any atom is -0.392 e. The smallest absolute Gasteiger partial charge is 0.147 e. The molecule has 2 bridgehead atoms. The average molecular weight is 278 g/mol. The Morgan fingerprint density at radius 3 is 3.00 bits per heavy atom. The van der Waals surface area contributed by atoms with Gasteiger partial charge >= 0.3 is 0 Å². The first-order chi connectivity index (χ1) is 9.65. The van der Waals surface area contributed by atoms with E-state index in [4.69, 9.17) is 9.47 Å². The van der Waals surface area contributed by atoms with Gasteiger partial charge in [0.1, 0.15) is 6.79 Å². The Bertz CT molecular complexity index is 424. The first-order valence-corrected chi connectivity index (χ1v) is 8.21. The fraction of sp³-hybridized carbons (Fsp3) is 0.882. The number of ether oxygens (including phenoxy) is 2. The molecule has 112 valence electrons. The van der Waals surface area contributed by atoms with Gasteiger partial charge in [-0.1, -0.05) is 18.1 Å². The van der Waals surface area contributed by atoms with Crippen LogP contribution in [0.1, 0.15) is 51.9 Å². The summed E-state index contributed by atoms with van der Waals surface area (Å²) in [5.41, 5.74) is 1.64. The highest BCUT2D eigenvalue weighted by molar-refractivity contribution is 5.17. The van der Waals surface area contributed by atoms with Gasteiger partial charge in [-0.3, -0.25) is 0 Å². The van der Waals surface area contributed by atoms with Crippen molar-refractivity contribution >= 4 is 0 Å². The van der Waals surface area contributed by atoms with Gasteiger partial charge in [0.05, 0.1) is 18.3 Å². The van der Waals surface area contributed by atoms with E-state index in [1.807, 2.05) is 0 Å². The van der Waals surface area contributed by atoms with E-state index in [9.17, 15) is 5.11 Å². The zero-order valence-electron chi connectivity index (χ0n) is 12.4. The lowest BCUT2D eigenvalue weighted by molar-refractivity contribution is -0.113. The molecule has 0 amide bonds. The normalized spacial score (nSPS) is 51.5. The third kappa shape index (κ3) is 1.76. The average Bonchev–Trinajstić information content (AvgIpc) is 3.03. The molecule has 1 aliphatic heterocycles. The van der Waals surface area contributed by atoms with Gasteiger partial charge in [-0.15, -0.1) is 0 Å². The fourth-order valence-corrected chi connectivity index (χ4v) is 5.74. The van der Waals surface area contributed by atoms with E-state index < -0.39 is 0 Å². The van der Waals surface area contributed by atoms with E-state index in [1.54, 1.807) is 0 Å². The molecule has 0 radical (unpaired) electrons. The molecular weight excluding hydrogens is 252 g/mol. The second kappa shape index (κ2) is 4.56. The predicted octanol–water partition coefficient (Wildman–Crippen LogP) is 3.03. The van der Waals surface area contributed by atoms with E-state index in [2.05, 4.69) is 13.0 Å². The summed E-state index contributed by atoms with van der Waals surface area (Å²) in [5.74, 6) is 0.891. The van der Waals surface area contributed by atoms with Crippen LogP contribution in [0.4, 0.5) is 0 Å². The topological polar surface area (TPSA) is 38.7 Å². The Balaban J connectivity index is 1.78. The lowest BCUT2D eigenvalue weighted by atomic mass is 9.56. The Kier molecular flexibility index (Phi) is 3.03. The Morgan fingerprint density at radius 2 is 2.20 bits per heavy atom. The molecule has 1 saturated heterocycles. The van der Waals surface area contributed by atoms with E-state index in [0.29, 0.717) is 24.0 Å². The van der Waals surface area contributed by atoms with Gasteiger partial charge in [0, 0.05) is 5.92 Å². The van der Waals surface area contributed by atoms with Gasteiger partial charge in [0.25, 0.3) is 0 Å². The molecule has 20 heavy (non-hydrogen) atoms. The van der Waals surface area contributed by atoms with Gasteiger partial charge in [-0.2, -0.15) is 0 Å². The summed E-state index contributed by atoms with van der Waals surface area (Å²) < 4.78 is 11.7. The van der Waals surface area contributed by atoms with Crippen molar-refractivity contribution in [1.82, 2.24) is 0 Å². The summed E-state index contributed by atoms with van der Waals surface area (Å²) >= 11 is 0. The number of allylic oxidation sites excluding steroid dienone is 1. The van der Waals surface area contributed by atoms with Crippen LogP contribution in [0.25, 0.3) is 0 Å². The minimum absolute atomic E-state index is 0.0921. The van der Waals surface area contributed by atoms with Crippen LogP contribution in [0, 0.1) is 17.3 Å². The maximum Gasteiger partial charge on any atom is 0.147 e. The highest BCUT2D eigenvalue weighted by Gasteiger charge is 2.63. The zero-order chi connectivity index (χ0) is 13.8. The molecule has 3 aliphatic carbocycles. The summed E-state index contributed by atoms with van der Waals surface area (Å²) in [6.07, 6.45) is 10.3. The van der Waals surface area contributed by atoms with Gasteiger partial charge in [-0.05, 0) is 56.8 Å². The van der Waals surface area contributed by atoms with Crippen LogP contribution >= 0.6 is 0 Å².